The number of amidine groups is 2. The van der Waals surface area contributed by atoms with Crippen LogP contribution in [-0.2, 0) is 0 Å². The summed E-state index contributed by atoms with van der Waals surface area (Å²) in [4.78, 5) is 12.6. The van der Waals surface area contributed by atoms with Crippen LogP contribution in [0.25, 0.3) is 5.69 Å². The molecule has 196 valence electrons. The predicted molar refractivity (Wildman–Crippen MR) is 161 cm³/mol. The number of aromatic nitrogens is 2. The second-order valence-corrected chi connectivity index (χ2v) is 10.0. The third-order valence-corrected chi connectivity index (χ3v) is 7.46. The molecule has 0 spiro atoms. The monoisotopic (exact) mass is 544 g/mol. The molecule has 1 N–H and O–H groups in total. The lowest BCUT2D eigenvalue weighted by molar-refractivity contribution is 0.415. The van der Waals surface area contributed by atoms with E-state index in [0.717, 1.165) is 45.4 Å². The molecule has 0 radical (unpaired) electrons. The first-order valence-electron chi connectivity index (χ1n) is 13.0. The number of fused-ring (bicyclic) bond motifs is 4. The van der Waals surface area contributed by atoms with E-state index in [0.29, 0.717) is 22.4 Å². The Kier molecular flexibility index (Phi) is 5.86. The third-order valence-electron chi connectivity index (χ3n) is 7.17. The van der Waals surface area contributed by atoms with E-state index in [1.54, 1.807) is 7.11 Å². The molecular formula is C32H25ClN6O. The number of hydrogen-bond donors (Lipinski definition) is 1. The number of halogens is 1. The zero-order chi connectivity index (χ0) is 27.2. The van der Waals surface area contributed by atoms with Crippen LogP contribution in [0.1, 0.15) is 22.9 Å². The Labute approximate surface area is 237 Å². The van der Waals surface area contributed by atoms with Gasteiger partial charge in [-0.3, -0.25) is 0 Å². The quantitative estimate of drug-likeness (QED) is 0.252. The van der Waals surface area contributed by atoms with Gasteiger partial charge in [0, 0.05) is 11.3 Å². The maximum absolute atomic E-state index is 6.47. The summed E-state index contributed by atoms with van der Waals surface area (Å²) in [5, 5.41) is 8.98. The van der Waals surface area contributed by atoms with Gasteiger partial charge < -0.3 is 15.0 Å². The summed E-state index contributed by atoms with van der Waals surface area (Å²) < 4.78 is 7.27. The molecule has 0 amide bonds. The lowest BCUT2D eigenvalue weighted by atomic mass is 9.93. The second-order valence-electron chi connectivity index (χ2n) is 9.61. The molecular weight excluding hydrogens is 520 g/mol. The van der Waals surface area contributed by atoms with Crippen LogP contribution in [0.15, 0.2) is 113 Å². The van der Waals surface area contributed by atoms with E-state index in [1.807, 2.05) is 77.5 Å². The molecule has 7 nitrogen and oxygen atoms in total. The van der Waals surface area contributed by atoms with Gasteiger partial charge in [-0.05, 0) is 55.0 Å². The maximum atomic E-state index is 6.47. The number of ether oxygens (including phenoxy) is 1. The predicted octanol–water partition coefficient (Wildman–Crippen LogP) is 7.64. The van der Waals surface area contributed by atoms with Gasteiger partial charge >= 0.3 is 0 Å². The van der Waals surface area contributed by atoms with Crippen molar-refractivity contribution in [2.75, 3.05) is 17.3 Å². The molecule has 40 heavy (non-hydrogen) atoms. The highest BCUT2D eigenvalue weighted by Crippen LogP contribution is 2.48. The van der Waals surface area contributed by atoms with E-state index in [9.17, 15) is 0 Å². The van der Waals surface area contributed by atoms with Crippen molar-refractivity contribution in [3.05, 3.63) is 125 Å². The molecule has 0 bridgehead atoms. The van der Waals surface area contributed by atoms with Gasteiger partial charge in [-0.25, -0.2) is 14.7 Å². The number of rotatable bonds is 4. The molecule has 4 aromatic carbocycles. The number of hydrogen-bond acceptors (Lipinski definition) is 6. The van der Waals surface area contributed by atoms with E-state index in [1.165, 1.54) is 0 Å². The number of aliphatic imine (C=N–C) groups is 2. The minimum absolute atomic E-state index is 0.172. The van der Waals surface area contributed by atoms with E-state index in [-0.39, 0.29) is 6.04 Å². The fourth-order valence-electron chi connectivity index (χ4n) is 5.38. The SMILES string of the molecule is COc1ccc(NC2=Nc3ccccc3N3C2=Nc2c(c(C)nn2-c2ccccc2)C3c2ccccc2)cc1Cl. The first-order chi connectivity index (χ1) is 19.6. The van der Waals surface area contributed by atoms with E-state index in [4.69, 9.17) is 31.4 Å². The summed E-state index contributed by atoms with van der Waals surface area (Å²) in [6, 6.07) is 34.1. The van der Waals surface area contributed by atoms with Crippen LogP contribution < -0.4 is 15.0 Å². The van der Waals surface area contributed by atoms with E-state index < -0.39 is 0 Å². The summed E-state index contributed by atoms with van der Waals surface area (Å²) in [7, 11) is 1.60. The summed E-state index contributed by atoms with van der Waals surface area (Å²) in [6.07, 6.45) is 0. The van der Waals surface area contributed by atoms with Crippen LogP contribution in [0.2, 0.25) is 5.02 Å². The summed E-state index contributed by atoms with van der Waals surface area (Å²) >= 11 is 6.47. The Bertz CT molecular complexity index is 1800. The molecule has 0 saturated heterocycles. The number of methoxy groups -OCH3 is 1. The summed E-state index contributed by atoms with van der Waals surface area (Å²) in [5.74, 6) is 2.70. The van der Waals surface area contributed by atoms with Gasteiger partial charge in [0.2, 0.25) is 0 Å². The van der Waals surface area contributed by atoms with Gasteiger partial charge in [0.15, 0.2) is 17.5 Å². The number of anilines is 2. The molecule has 0 fully saturated rings. The Morgan fingerprint density at radius 2 is 1.57 bits per heavy atom. The normalized spacial score (nSPS) is 15.4. The Balaban J connectivity index is 1.47. The first kappa shape index (κ1) is 24.2. The lowest BCUT2D eigenvalue weighted by Gasteiger charge is -2.40. The molecule has 0 saturated carbocycles. The fraction of sp³-hybridized carbons (Fsp3) is 0.0938. The highest BCUT2D eigenvalue weighted by atomic mass is 35.5. The number of aryl methyl sites for hydroxylation is 1. The fourth-order valence-corrected chi connectivity index (χ4v) is 5.64. The van der Waals surface area contributed by atoms with Crippen molar-refractivity contribution in [2.24, 2.45) is 9.98 Å². The highest BCUT2D eigenvalue weighted by Gasteiger charge is 2.41. The van der Waals surface area contributed by atoms with Crippen LogP contribution in [0.4, 0.5) is 22.9 Å². The van der Waals surface area contributed by atoms with Crippen LogP contribution >= 0.6 is 11.6 Å². The number of para-hydroxylation sites is 3. The zero-order valence-corrected chi connectivity index (χ0v) is 22.7. The highest BCUT2D eigenvalue weighted by molar-refractivity contribution is 6.51. The minimum atomic E-state index is -0.172. The van der Waals surface area contributed by atoms with Crippen molar-refractivity contribution in [1.29, 1.82) is 0 Å². The minimum Gasteiger partial charge on any atom is -0.495 e. The molecule has 1 atom stereocenters. The molecule has 3 heterocycles. The number of nitrogens with one attached hydrogen (secondary N) is 1. The van der Waals surface area contributed by atoms with Crippen molar-refractivity contribution in [3.8, 4) is 11.4 Å². The Hall–Kier alpha value is -4.88. The molecule has 8 heteroatoms. The van der Waals surface area contributed by atoms with Crippen LogP contribution in [0, 0.1) is 6.92 Å². The Morgan fingerprint density at radius 1 is 0.850 bits per heavy atom. The molecule has 7 rings (SSSR count). The smallest absolute Gasteiger partial charge is 0.179 e. The molecule has 2 aliphatic heterocycles. The average molecular weight is 545 g/mol. The van der Waals surface area contributed by atoms with Crippen molar-refractivity contribution in [1.82, 2.24) is 9.78 Å². The average Bonchev–Trinajstić information content (AvgIpc) is 3.33. The van der Waals surface area contributed by atoms with Crippen LogP contribution in [0.5, 0.6) is 5.75 Å². The molecule has 2 aliphatic rings. The van der Waals surface area contributed by atoms with Gasteiger partial charge in [-0.1, -0.05) is 72.3 Å². The number of benzene rings is 4. The lowest BCUT2D eigenvalue weighted by Crippen LogP contribution is -2.46. The van der Waals surface area contributed by atoms with Gasteiger partial charge in [0.25, 0.3) is 0 Å². The number of nitrogens with zero attached hydrogens (tertiary/aromatic N) is 5. The van der Waals surface area contributed by atoms with E-state index >= 15 is 0 Å². The van der Waals surface area contributed by atoms with E-state index in [2.05, 4.69) is 47.5 Å². The van der Waals surface area contributed by atoms with Crippen molar-refractivity contribution < 1.29 is 4.74 Å². The molecule has 1 unspecified atom stereocenters. The topological polar surface area (TPSA) is 67.0 Å². The second kappa shape index (κ2) is 9.70. The first-order valence-corrected chi connectivity index (χ1v) is 13.4. The van der Waals surface area contributed by atoms with Gasteiger partial charge in [0.1, 0.15) is 5.75 Å². The standard InChI is InChI=1S/C32H25ClN6O/c1-20-28-29(21-11-5-3-6-12-21)38-26-16-10-9-15-25(26)35-30(34-22-17-18-27(40-2)24(33)19-22)32(38)36-31(28)39(37-20)23-13-7-4-8-14-23/h3-19,29H,1-2H3,(H,34,35). The van der Waals surface area contributed by atoms with Gasteiger partial charge in [-0.15, -0.1) is 0 Å². The van der Waals surface area contributed by atoms with Crippen molar-refractivity contribution in [3.63, 3.8) is 0 Å². The summed E-state index contributed by atoms with van der Waals surface area (Å²) in [5.41, 5.74) is 6.67. The molecule has 5 aromatic rings. The van der Waals surface area contributed by atoms with Gasteiger partial charge in [0.05, 0.1) is 40.9 Å². The largest absolute Gasteiger partial charge is 0.495 e. The molecule has 1 aromatic heterocycles. The molecule has 0 aliphatic carbocycles. The maximum Gasteiger partial charge on any atom is 0.179 e. The summed E-state index contributed by atoms with van der Waals surface area (Å²) in [6.45, 7) is 2.05. The van der Waals surface area contributed by atoms with Crippen LogP contribution in [-0.4, -0.2) is 28.6 Å². The zero-order valence-electron chi connectivity index (χ0n) is 21.9. The van der Waals surface area contributed by atoms with Crippen LogP contribution in [0.3, 0.4) is 0 Å². The van der Waals surface area contributed by atoms with Gasteiger partial charge in [-0.2, -0.15) is 5.10 Å². The van der Waals surface area contributed by atoms with Crippen molar-refractivity contribution >= 4 is 46.2 Å². The third kappa shape index (κ3) is 3.94. The Morgan fingerprint density at radius 3 is 2.33 bits per heavy atom. The van der Waals surface area contributed by atoms with Crippen molar-refractivity contribution in [2.45, 2.75) is 13.0 Å².